The molecule has 4 nitrogen and oxygen atoms in total. The number of alkyl halides is 1. The lowest BCUT2D eigenvalue weighted by atomic mass is 10.0. The van der Waals surface area contributed by atoms with E-state index in [2.05, 4.69) is 0 Å². The maximum absolute atomic E-state index is 11.8. The van der Waals surface area contributed by atoms with Crippen molar-refractivity contribution in [3.05, 3.63) is 12.2 Å². The Morgan fingerprint density at radius 1 is 1.17 bits per heavy atom. The molecule has 5 heteroatoms. The molecule has 0 heterocycles. The molecule has 0 aromatic carbocycles. The summed E-state index contributed by atoms with van der Waals surface area (Å²) in [5, 5.41) is 0. The van der Waals surface area contributed by atoms with Gasteiger partial charge >= 0.3 is 11.9 Å². The number of esters is 2. The molecule has 0 bridgehead atoms. The molecular formula is C13H21ClO4. The fraction of sp³-hybridized carbons (Fsp3) is 0.692. The zero-order valence-corrected chi connectivity index (χ0v) is 12.0. The summed E-state index contributed by atoms with van der Waals surface area (Å²) in [7, 11) is 0. The summed E-state index contributed by atoms with van der Waals surface area (Å²) >= 11 is 6.10. The highest BCUT2D eigenvalue weighted by Crippen LogP contribution is 2.26. The summed E-state index contributed by atoms with van der Waals surface area (Å²) in [6.45, 7) is 5.61. The Bertz CT molecular complexity index is 281. The molecule has 0 aromatic rings. The van der Waals surface area contributed by atoms with E-state index < -0.39 is 16.8 Å². The fourth-order valence-electron chi connectivity index (χ4n) is 1.41. The van der Waals surface area contributed by atoms with Crippen molar-refractivity contribution in [3.63, 3.8) is 0 Å². The second-order valence-electron chi connectivity index (χ2n) is 3.70. The first-order valence-electron chi connectivity index (χ1n) is 6.17. The van der Waals surface area contributed by atoms with Crippen LogP contribution in [0.1, 0.15) is 40.0 Å². The van der Waals surface area contributed by atoms with Gasteiger partial charge in [0.15, 0.2) is 0 Å². The minimum absolute atomic E-state index is 0.182. The average Bonchev–Trinajstić information content (AvgIpc) is 2.35. The molecule has 0 N–H and O–H groups in total. The molecule has 0 fully saturated rings. The van der Waals surface area contributed by atoms with Crippen LogP contribution in [-0.2, 0) is 19.1 Å². The first-order valence-corrected chi connectivity index (χ1v) is 6.55. The molecule has 0 radical (unpaired) electrons. The zero-order chi connectivity index (χ0) is 14.0. The number of rotatable bonds is 8. The van der Waals surface area contributed by atoms with Gasteiger partial charge in [-0.05, 0) is 40.0 Å². The Morgan fingerprint density at radius 2 is 1.67 bits per heavy atom. The Labute approximate surface area is 113 Å². The number of allylic oxidation sites excluding steroid dienone is 2. The van der Waals surface area contributed by atoms with Gasteiger partial charge in [-0.1, -0.05) is 23.8 Å². The lowest BCUT2D eigenvalue weighted by Crippen LogP contribution is -2.44. The topological polar surface area (TPSA) is 52.6 Å². The highest BCUT2D eigenvalue weighted by atomic mass is 35.5. The van der Waals surface area contributed by atoms with E-state index in [0.29, 0.717) is 6.42 Å². The minimum Gasteiger partial charge on any atom is -0.464 e. The van der Waals surface area contributed by atoms with Crippen LogP contribution in [0.25, 0.3) is 0 Å². The molecule has 0 aliphatic rings. The van der Waals surface area contributed by atoms with Gasteiger partial charge in [0.25, 0.3) is 0 Å². The van der Waals surface area contributed by atoms with Crippen molar-refractivity contribution in [2.24, 2.45) is 0 Å². The van der Waals surface area contributed by atoms with Crippen LogP contribution in [0.2, 0.25) is 0 Å². The largest absolute Gasteiger partial charge is 0.464 e. The van der Waals surface area contributed by atoms with E-state index in [9.17, 15) is 9.59 Å². The van der Waals surface area contributed by atoms with Crippen LogP contribution in [0.4, 0.5) is 0 Å². The van der Waals surface area contributed by atoms with E-state index in [1.54, 1.807) is 13.8 Å². The van der Waals surface area contributed by atoms with Crippen LogP contribution in [-0.4, -0.2) is 30.0 Å². The third kappa shape index (κ3) is 5.08. The van der Waals surface area contributed by atoms with Gasteiger partial charge in [-0.3, -0.25) is 0 Å². The first-order chi connectivity index (χ1) is 8.52. The van der Waals surface area contributed by atoms with Crippen molar-refractivity contribution in [2.45, 2.75) is 44.9 Å². The second-order valence-corrected chi connectivity index (χ2v) is 4.35. The Balaban J connectivity index is 4.68. The summed E-state index contributed by atoms with van der Waals surface area (Å²) in [6.07, 6.45) is 5.43. The zero-order valence-electron chi connectivity index (χ0n) is 11.2. The van der Waals surface area contributed by atoms with Crippen molar-refractivity contribution in [1.82, 2.24) is 0 Å². The Hall–Kier alpha value is -1.03. The number of hydrogen-bond donors (Lipinski definition) is 0. The minimum atomic E-state index is -1.71. The van der Waals surface area contributed by atoms with Crippen LogP contribution < -0.4 is 0 Å². The molecule has 0 aliphatic heterocycles. The predicted molar refractivity (Wildman–Crippen MR) is 70.5 cm³/mol. The van der Waals surface area contributed by atoms with Gasteiger partial charge in [-0.25, -0.2) is 9.59 Å². The third-order valence-electron chi connectivity index (χ3n) is 2.33. The van der Waals surface area contributed by atoms with Gasteiger partial charge in [0.1, 0.15) is 0 Å². The molecule has 0 spiro atoms. The Morgan fingerprint density at radius 3 is 2.06 bits per heavy atom. The summed E-state index contributed by atoms with van der Waals surface area (Å²) in [5.41, 5.74) is 0. The standard InChI is InChI=1S/C13H21ClO4/c1-4-7-8-9-10-13(14,11(15)17-5-2)12(16)18-6-3/h4,7H,5-6,8-10H2,1-3H3/b7-4+. The molecule has 0 amide bonds. The molecule has 0 aliphatic carbocycles. The van der Waals surface area contributed by atoms with E-state index in [0.717, 1.165) is 6.42 Å². The Kier molecular flexibility index (Phi) is 8.46. The molecule has 104 valence electrons. The van der Waals surface area contributed by atoms with Gasteiger partial charge < -0.3 is 9.47 Å². The van der Waals surface area contributed by atoms with Gasteiger partial charge in [0.2, 0.25) is 4.87 Å². The number of ether oxygens (including phenoxy) is 2. The quantitative estimate of drug-likeness (QED) is 0.225. The summed E-state index contributed by atoms with van der Waals surface area (Å²) < 4.78 is 9.68. The van der Waals surface area contributed by atoms with Crippen LogP contribution >= 0.6 is 11.6 Å². The van der Waals surface area contributed by atoms with E-state index in [4.69, 9.17) is 21.1 Å². The number of carbonyl (C=O) groups excluding carboxylic acids is 2. The van der Waals surface area contributed by atoms with E-state index in [1.165, 1.54) is 0 Å². The van der Waals surface area contributed by atoms with Gasteiger partial charge in [0.05, 0.1) is 13.2 Å². The number of halogens is 1. The number of hydrogen-bond acceptors (Lipinski definition) is 4. The maximum Gasteiger partial charge on any atom is 0.338 e. The normalized spacial score (nSPS) is 11.6. The molecule has 0 unspecified atom stereocenters. The molecular weight excluding hydrogens is 256 g/mol. The summed E-state index contributed by atoms with van der Waals surface area (Å²) in [6, 6.07) is 0. The van der Waals surface area contributed by atoms with Gasteiger partial charge in [-0.2, -0.15) is 0 Å². The molecule has 0 saturated heterocycles. The lowest BCUT2D eigenvalue weighted by molar-refractivity contribution is -0.159. The van der Waals surface area contributed by atoms with E-state index in [-0.39, 0.29) is 19.6 Å². The highest BCUT2D eigenvalue weighted by molar-refractivity contribution is 6.44. The summed E-state index contributed by atoms with van der Waals surface area (Å²) in [5.74, 6) is -1.46. The van der Waals surface area contributed by atoms with Crippen LogP contribution in [0, 0.1) is 0 Å². The van der Waals surface area contributed by atoms with E-state index >= 15 is 0 Å². The van der Waals surface area contributed by atoms with Gasteiger partial charge in [-0.15, -0.1) is 0 Å². The first kappa shape index (κ1) is 17.0. The van der Waals surface area contributed by atoms with Crippen LogP contribution in [0.5, 0.6) is 0 Å². The van der Waals surface area contributed by atoms with Crippen molar-refractivity contribution < 1.29 is 19.1 Å². The monoisotopic (exact) mass is 276 g/mol. The molecule has 18 heavy (non-hydrogen) atoms. The smallest absolute Gasteiger partial charge is 0.338 e. The van der Waals surface area contributed by atoms with Crippen LogP contribution in [0.3, 0.4) is 0 Å². The number of unbranched alkanes of at least 4 members (excludes halogenated alkanes) is 1. The lowest BCUT2D eigenvalue weighted by Gasteiger charge is -2.22. The maximum atomic E-state index is 11.8. The summed E-state index contributed by atoms with van der Waals surface area (Å²) in [4.78, 5) is 21.8. The SMILES string of the molecule is C/C=C/CCCC(Cl)(C(=O)OCC)C(=O)OCC. The predicted octanol–water partition coefficient (Wildman–Crippen LogP) is 2.84. The van der Waals surface area contributed by atoms with E-state index in [1.807, 2.05) is 19.1 Å². The number of carbonyl (C=O) groups is 2. The van der Waals surface area contributed by atoms with Crippen molar-refractivity contribution in [1.29, 1.82) is 0 Å². The molecule has 0 rings (SSSR count). The third-order valence-corrected chi connectivity index (χ3v) is 2.82. The van der Waals surface area contributed by atoms with Gasteiger partial charge in [0, 0.05) is 0 Å². The van der Waals surface area contributed by atoms with Crippen molar-refractivity contribution in [3.8, 4) is 0 Å². The second kappa shape index (κ2) is 8.97. The molecule has 0 atom stereocenters. The molecule has 0 saturated carbocycles. The van der Waals surface area contributed by atoms with Crippen molar-refractivity contribution in [2.75, 3.05) is 13.2 Å². The van der Waals surface area contributed by atoms with Crippen LogP contribution in [0.15, 0.2) is 12.2 Å². The fourth-order valence-corrected chi connectivity index (χ4v) is 1.65. The molecule has 0 aromatic heterocycles. The highest BCUT2D eigenvalue weighted by Gasteiger charge is 2.46. The average molecular weight is 277 g/mol. The van der Waals surface area contributed by atoms with Crippen molar-refractivity contribution >= 4 is 23.5 Å².